The van der Waals surface area contributed by atoms with E-state index < -0.39 is 0 Å². The summed E-state index contributed by atoms with van der Waals surface area (Å²) < 4.78 is 12.3. The Labute approximate surface area is 134 Å². The van der Waals surface area contributed by atoms with E-state index in [0.29, 0.717) is 13.2 Å². The van der Waals surface area contributed by atoms with Crippen molar-refractivity contribution >= 4 is 15.9 Å². The molecule has 2 aromatic rings. The maximum Gasteiger partial charge on any atom is 0.176 e. The van der Waals surface area contributed by atoms with Crippen LogP contribution in [0.4, 0.5) is 0 Å². The summed E-state index contributed by atoms with van der Waals surface area (Å²) in [6.45, 7) is 1.19. The molecule has 0 radical (unpaired) electrons. The van der Waals surface area contributed by atoms with Gasteiger partial charge in [0.05, 0.1) is 11.6 Å². The molecule has 21 heavy (non-hydrogen) atoms. The first-order valence-electron chi connectivity index (χ1n) is 6.98. The van der Waals surface area contributed by atoms with E-state index in [-0.39, 0.29) is 0 Å². The van der Waals surface area contributed by atoms with Crippen molar-refractivity contribution in [2.75, 3.05) is 13.7 Å². The Bertz CT molecular complexity index is 573. The van der Waals surface area contributed by atoms with Gasteiger partial charge in [-0.15, -0.1) is 0 Å². The molecule has 2 N–H and O–H groups in total. The van der Waals surface area contributed by atoms with Gasteiger partial charge >= 0.3 is 0 Å². The Morgan fingerprint density at radius 3 is 2.52 bits per heavy atom. The molecule has 4 heteroatoms. The van der Waals surface area contributed by atoms with Gasteiger partial charge < -0.3 is 15.2 Å². The number of methoxy groups -OCH3 is 1. The lowest BCUT2D eigenvalue weighted by molar-refractivity contribution is 0.282. The van der Waals surface area contributed by atoms with E-state index >= 15 is 0 Å². The Kier molecular flexibility index (Phi) is 6.08. The Morgan fingerprint density at radius 1 is 1.10 bits per heavy atom. The molecule has 0 atom stereocenters. The van der Waals surface area contributed by atoms with Gasteiger partial charge in [0, 0.05) is 0 Å². The van der Waals surface area contributed by atoms with Gasteiger partial charge in [-0.25, -0.2) is 0 Å². The molecule has 0 spiro atoms. The maximum atomic E-state index is 5.96. The molecule has 0 aliphatic carbocycles. The highest BCUT2D eigenvalue weighted by Crippen LogP contribution is 2.38. The Balaban J connectivity index is 2.19. The maximum absolute atomic E-state index is 5.96. The standard InChI is InChI=1S/C17H20BrNO2/c1-20-15-10-9-14(8-5-11-19)16(18)17(15)21-12-13-6-3-2-4-7-13/h2-4,6-7,9-10H,5,8,11-12,19H2,1H3. The van der Waals surface area contributed by atoms with Crippen molar-refractivity contribution in [3.05, 3.63) is 58.1 Å². The smallest absolute Gasteiger partial charge is 0.176 e. The fourth-order valence-corrected chi connectivity index (χ4v) is 2.73. The molecule has 2 aromatic carbocycles. The van der Waals surface area contributed by atoms with Crippen molar-refractivity contribution < 1.29 is 9.47 Å². The molecule has 0 fully saturated rings. The van der Waals surface area contributed by atoms with Crippen molar-refractivity contribution in [2.45, 2.75) is 19.4 Å². The lowest BCUT2D eigenvalue weighted by Gasteiger charge is -2.15. The van der Waals surface area contributed by atoms with Crippen LogP contribution in [0.5, 0.6) is 11.5 Å². The molecule has 0 amide bonds. The monoisotopic (exact) mass is 349 g/mol. The minimum atomic E-state index is 0.510. The van der Waals surface area contributed by atoms with Gasteiger partial charge in [-0.05, 0) is 52.5 Å². The second-order valence-electron chi connectivity index (χ2n) is 4.74. The van der Waals surface area contributed by atoms with Gasteiger partial charge in [0.1, 0.15) is 6.61 Å². The predicted octanol–water partition coefficient (Wildman–Crippen LogP) is 3.93. The van der Waals surface area contributed by atoms with Gasteiger partial charge in [-0.2, -0.15) is 0 Å². The molecule has 0 unspecified atom stereocenters. The molecule has 0 bridgehead atoms. The van der Waals surface area contributed by atoms with Crippen molar-refractivity contribution in [1.82, 2.24) is 0 Å². The summed E-state index contributed by atoms with van der Waals surface area (Å²) in [5.41, 5.74) is 7.89. The van der Waals surface area contributed by atoms with E-state index in [9.17, 15) is 0 Å². The van der Waals surface area contributed by atoms with Gasteiger partial charge in [0.15, 0.2) is 11.5 Å². The zero-order chi connectivity index (χ0) is 15.1. The van der Waals surface area contributed by atoms with E-state index in [0.717, 1.165) is 34.4 Å². The van der Waals surface area contributed by atoms with Crippen molar-refractivity contribution in [3.63, 3.8) is 0 Å². The summed E-state index contributed by atoms with van der Waals surface area (Å²) in [6, 6.07) is 14.1. The number of ether oxygens (including phenoxy) is 2. The van der Waals surface area contributed by atoms with Crippen LogP contribution in [0.25, 0.3) is 0 Å². The Hall–Kier alpha value is -1.52. The summed E-state index contributed by atoms with van der Waals surface area (Å²) >= 11 is 3.63. The zero-order valence-electron chi connectivity index (χ0n) is 12.1. The van der Waals surface area contributed by atoms with E-state index in [1.165, 1.54) is 5.56 Å². The average Bonchev–Trinajstić information content (AvgIpc) is 2.53. The van der Waals surface area contributed by atoms with Crippen LogP contribution in [-0.4, -0.2) is 13.7 Å². The molecule has 0 aliphatic heterocycles. The van der Waals surface area contributed by atoms with Crippen molar-refractivity contribution in [3.8, 4) is 11.5 Å². The predicted molar refractivity (Wildman–Crippen MR) is 88.8 cm³/mol. The van der Waals surface area contributed by atoms with E-state index in [2.05, 4.69) is 15.9 Å². The number of rotatable bonds is 7. The summed E-state index contributed by atoms with van der Waals surface area (Å²) in [5.74, 6) is 1.48. The fourth-order valence-electron chi connectivity index (χ4n) is 2.09. The third kappa shape index (κ3) is 4.22. The highest BCUT2D eigenvalue weighted by Gasteiger charge is 2.13. The lowest BCUT2D eigenvalue weighted by atomic mass is 10.1. The number of nitrogens with two attached hydrogens (primary N) is 1. The van der Waals surface area contributed by atoms with Crippen LogP contribution >= 0.6 is 15.9 Å². The second-order valence-corrected chi connectivity index (χ2v) is 5.53. The SMILES string of the molecule is COc1ccc(CCCN)c(Br)c1OCc1ccccc1. The van der Waals surface area contributed by atoms with Crippen molar-refractivity contribution in [2.24, 2.45) is 5.73 Å². The molecule has 112 valence electrons. The third-order valence-electron chi connectivity index (χ3n) is 3.24. The van der Waals surface area contributed by atoms with Crippen LogP contribution in [0.1, 0.15) is 17.5 Å². The van der Waals surface area contributed by atoms with Crippen LogP contribution < -0.4 is 15.2 Å². The highest BCUT2D eigenvalue weighted by molar-refractivity contribution is 9.10. The number of aryl methyl sites for hydroxylation is 1. The fraction of sp³-hybridized carbons (Fsp3) is 0.294. The Morgan fingerprint density at radius 2 is 1.86 bits per heavy atom. The third-order valence-corrected chi connectivity index (χ3v) is 4.11. The summed E-state index contributed by atoms with van der Waals surface area (Å²) in [4.78, 5) is 0. The summed E-state index contributed by atoms with van der Waals surface area (Å²) in [6.07, 6.45) is 1.87. The molecular formula is C17H20BrNO2. The van der Waals surface area contributed by atoms with E-state index in [1.807, 2.05) is 42.5 Å². The van der Waals surface area contributed by atoms with Crippen molar-refractivity contribution in [1.29, 1.82) is 0 Å². The highest BCUT2D eigenvalue weighted by atomic mass is 79.9. The van der Waals surface area contributed by atoms with Crippen LogP contribution in [0, 0.1) is 0 Å². The molecule has 3 nitrogen and oxygen atoms in total. The summed E-state index contributed by atoms with van der Waals surface area (Å²) in [5, 5.41) is 0. The first kappa shape index (κ1) is 15.9. The molecule has 2 rings (SSSR count). The lowest BCUT2D eigenvalue weighted by Crippen LogP contribution is -2.03. The van der Waals surface area contributed by atoms with E-state index in [4.69, 9.17) is 15.2 Å². The van der Waals surface area contributed by atoms with Crippen LogP contribution in [0.2, 0.25) is 0 Å². The zero-order valence-corrected chi connectivity index (χ0v) is 13.7. The summed E-state index contributed by atoms with van der Waals surface area (Å²) in [7, 11) is 1.65. The van der Waals surface area contributed by atoms with Gasteiger partial charge in [-0.1, -0.05) is 36.4 Å². The van der Waals surface area contributed by atoms with Crippen LogP contribution in [0.3, 0.4) is 0 Å². The average molecular weight is 350 g/mol. The molecule has 0 heterocycles. The topological polar surface area (TPSA) is 44.5 Å². The van der Waals surface area contributed by atoms with Gasteiger partial charge in [0.2, 0.25) is 0 Å². The van der Waals surface area contributed by atoms with Gasteiger partial charge in [0.25, 0.3) is 0 Å². The minimum Gasteiger partial charge on any atom is -0.493 e. The quantitative estimate of drug-likeness (QED) is 0.823. The largest absolute Gasteiger partial charge is 0.493 e. The first-order valence-corrected chi connectivity index (χ1v) is 7.77. The first-order chi connectivity index (χ1) is 10.3. The molecular weight excluding hydrogens is 330 g/mol. The minimum absolute atomic E-state index is 0.510. The van der Waals surface area contributed by atoms with Gasteiger partial charge in [-0.3, -0.25) is 0 Å². The molecule has 0 saturated carbocycles. The molecule has 0 aromatic heterocycles. The van der Waals surface area contributed by atoms with E-state index in [1.54, 1.807) is 7.11 Å². The molecule has 0 aliphatic rings. The normalized spacial score (nSPS) is 10.4. The second kappa shape index (κ2) is 8.05. The number of benzene rings is 2. The van der Waals surface area contributed by atoms with Crippen LogP contribution in [-0.2, 0) is 13.0 Å². The van der Waals surface area contributed by atoms with Crippen LogP contribution in [0.15, 0.2) is 46.9 Å². The number of hydrogen-bond donors (Lipinski definition) is 1. The molecule has 0 saturated heterocycles. The number of hydrogen-bond acceptors (Lipinski definition) is 3. The number of halogens is 1.